The lowest BCUT2D eigenvalue weighted by atomic mass is 10.1. The highest BCUT2D eigenvalue weighted by Crippen LogP contribution is 2.20. The van der Waals surface area contributed by atoms with Crippen molar-refractivity contribution in [1.82, 2.24) is 5.32 Å². The number of fused-ring (bicyclic) bond motifs is 1. The van der Waals surface area contributed by atoms with Crippen LogP contribution in [0.1, 0.15) is 6.42 Å². The van der Waals surface area contributed by atoms with Crippen molar-refractivity contribution in [3.05, 3.63) is 0 Å². The normalized spacial score (nSPS) is 40.8. The largest absolute Gasteiger partial charge is 0.374 e. The summed E-state index contributed by atoms with van der Waals surface area (Å²) in [5, 5.41) is 3.48. The van der Waals surface area contributed by atoms with Crippen molar-refractivity contribution in [2.24, 2.45) is 0 Å². The Hall–Kier alpha value is 0.270. The molecule has 0 aromatic heterocycles. The van der Waals surface area contributed by atoms with Crippen molar-refractivity contribution in [3.63, 3.8) is 0 Å². The molecule has 10 heavy (non-hydrogen) atoms. The van der Waals surface area contributed by atoms with E-state index in [1.165, 1.54) is 24.5 Å². The third-order valence-corrected chi connectivity index (χ3v) is 3.23. The molecular formula is C7H13NOS. The first-order valence-corrected chi connectivity index (χ1v) is 5.05. The van der Waals surface area contributed by atoms with E-state index in [4.69, 9.17) is 4.74 Å². The van der Waals surface area contributed by atoms with E-state index in [0.29, 0.717) is 12.1 Å². The van der Waals surface area contributed by atoms with Crippen molar-refractivity contribution >= 4 is 11.8 Å². The van der Waals surface area contributed by atoms with Crippen LogP contribution >= 0.6 is 11.8 Å². The third-order valence-electron chi connectivity index (χ3n) is 2.09. The lowest BCUT2D eigenvalue weighted by Gasteiger charge is -2.38. The van der Waals surface area contributed by atoms with Crippen LogP contribution in [0, 0.1) is 0 Å². The molecule has 0 radical (unpaired) electrons. The molecule has 0 aliphatic carbocycles. The van der Waals surface area contributed by atoms with Crippen LogP contribution in [0.3, 0.4) is 0 Å². The smallest absolute Gasteiger partial charge is 0.0841 e. The Balaban J connectivity index is 1.83. The van der Waals surface area contributed by atoms with Gasteiger partial charge in [0.2, 0.25) is 0 Å². The summed E-state index contributed by atoms with van der Waals surface area (Å²) >= 11 is 2.03. The van der Waals surface area contributed by atoms with Crippen molar-refractivity contribution in [3.8, 4) is 0 Å². The van der Waals surface area contributed by atoms with Crippen molar-refractivity contribution in [2.75, 3.05) is 24.7 Å². The van der Waals surface area contributed by atoms with Crippen molar-refractivity contribution < 1.29 is 4.74 Å². The van der Waals surface area contributed by atoms with Crippen LogP contribution in [-0.2, 0) is 4.74 Å². The summed E-state index contributed by atoms with van der Waals surface area (Å²) in [6.07, 6.45) is 1.83. The molecule has 2 nitrogen and oxygen atoms in total. The van der Waals surface area contributed by atoms with Crippen LogP contribution < -0.4 is 5.32 Å². The van der Waals surface area contributed by atoms with Crippen LogP contribution in [0.4, 0.5) is 0 Å². The summed E-state index contributed by atoms with van der Waals surface area (Å²) in [6, 6.07) is 0.674. The van der Waals surface area contributed by atoms with E-state index in [2.05, 4.69) is 5.32 Å². The fourth-order valence-corrected chi connectivity index (χ4v) is 2.42. The highest BCUT2D eigenvalue weighted by Gasteiger charge is 2.31. The Morgan fingerprint density at radius 2 is 2.50 bits per heavy atom. The minimum absolute atomic E-state index is 0.519. The van der Waals surface area contributed by atoms with Gasteiger partial charge in [-0.2, -0.15) is 11.8 Å². The number of thioether (sulfide) groups is 1. The second kappa shape index (κ2) is 3.11. The highest BCUT2D eigenvalue weighted by atomic mass is 32.2. The van der Waals surface area contributed by atoms with Crippen molar-refractivity contribution in [2.45, 2.75) is 18.6 Å². The van der Waals surface area contributed by atoms with Gasteiger partial charge < -0.3 is 10.1 Å². The van der Waals surface area contributed by atoms with Gasteiger partial charge in [-0.1, -0.05) is 0 Å². The van der Waals surface area contributed by atoms with E-state index < -0.39 is 0 Å². The average Bonchev–Trinajstić information content (AvgIpc) is 1.89. The Morgan fingerprint density at radius 3 is 3.30 bits per heavy atom. The summed E-state index contributed by atoms with van der Waals surface area (Å²) < 4.78 is 5.39. The summed E-state index contributed by atoms with van der Waals surface area (Å²) in [6.45, 7) is 2.11. The Labute approximate surface area is 65.7 Å². The van der Waals surface area contributed by atoms with Crippen LogP contribution in [0.5, 0.6) is 0 Å². The summed E-state index contributed by atoms with van der Waals surface area (Å²) in [4.78, 5) is 0. The van der Waals surface area contributed by atoms with Gasteiger partial charge >= 0.3 is 0 Å². The standard InChI is InChI=1S/C7H13NOS/c1-2-8-6-4-9-7(6)5-10-3-1/h6-8H,1-5H2. The summed E-state index contributed by atoms with van der Waals surface area (Å²) in [7, 11) is 0. The highest BCUT2D eigenvalue weighted by molar-refractivity contribution is 7.99. The molecule has 0 aromatic rings. The summed E-state index contributed by atoms with van der Waals surface area (Å²) in [5.41, 5.74) is 0. The van der Waals surface area contributed by atoms with Crippen LogP contribution in [0.15, 0.2) is 0 Å². The molecule has 2 fully saturated rings. The maximum atomic E-state index is 5.39. The Kier molecular flexibility index (Phi) is 2.16. The molecule has 2 aliphatic heterocycles. The van der Waals surface area contributed by atoms with E-state index in [-0.39, 0.29) is 0 Å². The Bertz CT molecular complexity index is 106. The van der Waals surface area contributed by atoms with E-state index in [9.17, 15) is 0 Å². The zero-order valence-corrected chi connectivity index (χ0v) is 6.82. The Morgan fingerprint density at radius 1 is 1.50 bits per heavy atom. The fourth-order valence-electron chi connectivity index (χ4n) is 1.34. The van der Waals surface area contributed by atoms with Crippen LogP contribution in [-0.4, -0.2) is 36.8 Å². The molecule has 0 amide bonds. The topological polar surface area (TPSA) is 21.3 Å². The molecule has 2 rings (SSSR count). The molecule has 2 unspecified atom stereocenters. The van der Waals surface area contributed by atoms with Gasteiger partial charge in [0.25, 0.3) is 0 Å². The zero-order valence-electron chi connectivity index (χ0n) is 6.01. The number of hydrogen-bond acceptors (Lipinski definition) is 3. The number of hydrogen-bond donors (Lipinski definition) is 1. The van der Waals surface area contributed by atoms with Crippen LogP contribution in [0.2, 0.25) is 0 Å². The van der Waals surface area contributed by atoms with Gasteiger partial charge in [-0.05, 0) is 18.7 Å². The zero-order chi connectivity index (χ0) is 6.81. The van der Waals surface area contributed by atoms with Gasteiger partial charge in [0, 0.05) is 5.75 Å². The van der Waals surface area contributed by atoms with Gasteiger partial charge in [0.15, 0.2) is 0 Å². The number of ether oxygens (including phenoxy) is 1. The molecule has 3 heteroatoms. The molecule has 0 saturated carbocycles. The first-order chi connectivity index (χ1) is 4.97. The van der Waals surface area contributed by atoms with Gasteiger partial charge in [-0.3, -0.25) is 0 Å². The molecule has 1 N–H and O–H groups in total. The maximum Gasteiger partial charge on any atom is 0.0841 e. The van der Waals surface area contributed by atoms with Crippen molar-refractivity contribution in [1.29, 1.82) is 0 Å². The van der Waals surface area contributed by atoms with Gasteiger partial charge in [0.1, 0.15) is 0 Å². The molecule has 2 aliphatic rings. The lowest BCUT2D eigenvalue weighted by molar-refractivity contribution is -0.0723. The van der Waals surface area contributed by atoms with E-state index in [1.807, 2.05) is 11.8 Å². The SMILES string of the molecule is C1CNC2COC2CSC1. The molecule has 2 heterocycles. The minimum atomic E-state index is 0.519. The molecule has 0 bridgehead atoms. The molecule has 0 spiro atoms. The second-order valence-electron chi connectivity index (χ2n) is 2.86. The minimum Gasteiger partial charge on any atom is -0.374 e. The van der Waals surface area contributed by atoms with Crippen LogP contribution in [0.25, 0.3) is 0 Å². The quantitative estimate of drug-likeness (QED) is 0.555. The second-order valence-corrected chi connectivity index (χ2v) is 4.01. The van der Waals surface area contributed by atoms with E-state index in [0.717, 1.165) is 6.61 Å². The molecule has 2 atom stereocenters. The average molecular weight is 159 g/mol. The third kappa shape index (κ3) is 1.31. The molecule has 0 aromatic carbocycles. The maximum absolute atomic E-state index is 5.39. The molecular weight excluding hydrogens is 146 g/mol. The van der Waals surface area contributed by atoms with Gasteiger partial charge in [0.05, 0.1) is 18.8 Å². The predicted molar refractivity (Wildman–Crippen MR) is 43.5 cm³/mol. The van der Waals surface area contributed by atoms with Gasteiger partial charge in [-0.15, -0.1) is 0 Å². The number of rotatable bonds is 0. The molecule has 2 saturated heterocycles. The lowest BCUT2D eigenvalue weighted by Crippen LogP contribution is -2.56. The molecule has 58 valence electrons. The monoisotopic (exact) mass is 159 g/mol. The van der Waals surface area contributed by atoms with E-state index >= 15 is 0 Å². The summed E-state index contributed by atoms with van der Waals surface area (Å²) in [5.74, 6) is 2.48. The van der Waals surface area contributed by atoms with E-state index in [1.54, 1.807) is 0 Å². The number of nitrogens with one attached hydrogen (secondary N) is 1. The van der Waals surface area contributed by atoms with Gasteiger partial charge in [-0.25, -0.2) is 0 Å². The fraction of sp³-hybridized carbons (Fsp3) is 1.00. The first kappa shape index (κ1) is 6.95. The first-order valence-electron chi connectivity index (χ1n) is 3.89. The predicted octanol–water partition coefficient (Wildman–Crippen LogP) is 0.480.